The average molecular weight is 270 g/mol. The predicted octanol–water partition coefficient (Wildman–Crippen LogP) is 2.68. The molecule has 0 N–H and O–H groups in total. The highest BCUT2D eigenvalue weighted by atomic mass is 32.2. The molecule has 0 fully saturated rings. The van der Waals surface area contributed by atoms with Gasteiger partial charge in [0.05, 0.1) is 5.68 Å². The molecule has 18 heavy (non-hydrogen) atoms. The van der Waals surface area contributed by atoms with Gasteiger partial charge in [0.1, 0.15) is 23.2 Å². The molecule has 1 aromatic carbocycles. The minimum Gasteiger partial charge on any atom is -0.656 e. The number of halogens is 1. The van der Waals surface area contributed by atoms with Gasteiger partial charge in [-0.25, -0.2) is 0 Å². The molecule has 2 rings (SSSR count). The van der Waals surface area contributed by atoms with E-state index in [1.54, 1.807) is 39.2 Å². The zero-order valence-electron chi connectivity index (χ0n) is 10.9. The van der Waals surface area contributed by atoms with E-state index in [9.17, 15) is 9.11 Å². The fourth-order valence-corrected chi connectivity index (χ4v) is 3.09. The quantitative estimate of drug-likeness (QED) is 0.581. The number of carbonyl (C=O) groups excluding carboxylic acids is 1. The molecule has 2 unspecified atom stereocenters. The van der Waals surface area contributed by atoms with E-state index in [0.29, 0.717) is 5.75 Å². The second-order valence-corrected chi connectivity index (χ2v) is 6.89. The first-order valence-electron chi connectivity index (χ1n) is 5.74. The second kappa shape index (κ2) is 4.28. The highest BCUT2D eigenvalue weighted by Crippen LogP contribution is 2.37. The summed E-state index contributed by atoms with van der Waals surface area (Å²) in [6, 6.07) is 7.06. The van der Waals surface area contributed by atoms with Crippen molar-refractivity contribution < 1.29 is 17.9 Å². The van der Waals surface area contributed by atoms with Crippen LogP contribution in [0.3, 0.4) is 0 Å². The third-order valence-corrected chi connectivity index (χ3v) is 4.25. The summed E-state index contributed by atoms with van der Waals surface area (Å²) < 4.78 is 25.1. The average Bonchev–Trinajstić information content (AvgIpc) is 2.26. The zero-order chi connectivity index (χ0) is 13.6. The van der Waals surface area contributed by atoms with Gasteiger partial charge in [-0.15, -0.1) is 0 Å². The fraction of sp³-hybridized carbons (Fsp3) is 0.417. The molecule has 1 aliphatic heterocycles. The van der Waals surface area contributed by atoms with Crippen molar-refractivity contribution in [1.29, 1.82) is 0 Å². The summed E-state index contributed by atoms with van der Waals surface area (Å²) in [6.07, 6.45) is 1.74. The molecular formula is C12H16BFO3S. The standard InChI is InChI=1S/C12H16BFO3S/c1-12(2,3)11(15)13(14)16-9-7-5-6-8-10(9)18(4)17-13/h5-8H,1-4H3. The van der Waals surface area contributed by atoms with Crippen molar-refractivity contribution in [3.8, 4) is 5.75 Å². The van der Waals surface area contributed by atoms with Crippen molar-refractivity contribution in [3.05, 3.63) is 24.3 Å². The van der Waals surface area contributed by atoms with Crippen LogP contribution in [0.5, 0.6) is 5.75 Å². The van der Waals surface area contributed by atoms with Crippen molar-refractivity contribution in [3.63, 3.8) is 0 Å². The molecule has 98 valence electrons. The van der Waals surface area contributed by atoms with Gasteiger partial charge in [-0.3, -0.25) is 4.10 Å². The van der Waals surface area contributed by atoms with Gasteiger partial charge in [0.2, 0.25) is 4.90 Å². The predicted molar refractivity (Wildman–Crippen MR) is 71.0 cm³/mol. The molecule has 0 aliphatic carbocycles. The molecule has 1 heterocycles. The Hall–Kier alpha value is -1.01. The number of para-hydroxylation sites is 1. The molecule has 0 saturated carbocycles. The van der Waals surface area contributed by atoms with Gasteiger partial charge in [0.15, 0.2) is 0 Å². The molecule has 1 aromatic rings. The number of hydrogen-bond acceptors (Lipinski definition) is 3. The van der Waals surface area contributed by atoms with Crippen molar-refractivity contribution in [1.82, 2.24) is 0 Å². The number of benzene rings is 1. The molecule has 0 amide bonds. The van der Waals surface area contributed by atoms with Gasteiger partial charge in [0, 0.05) is 6.07 Å². The fourth-order valence-electron chi connectivity index (χ4n) is 1.82. The Balaban J connectivity index is 2.38. The van der Waals surface area contributed by atoms with E-state index >= 15 is 0 Å². The molecule has 0 bridgehead atoms. The molecule has 0 saturated heterocycles. The van der Waals surface area contributed by atoms with Crippen LogP contribution in [0.25, 0.3) is 0 Å². The van der Waals surface area contributed by atoms with E-state index in [1.807, 2.05) is 12.1 Å². The number of hydrogen-bond donors (Lipinski definition) is 0. The van der Waals surface area contributed by atoms with E-state index in [0.717, 1.165) is 4.90 Å². The lowest BCUT2D eigenvalue weighted by Gasteiger charge is -2.38. The Bertz CT molecular complexity index is 488. The highest BCUT2D eigenvalue weighted by molar-refractivity contribution is 7.93. The number of rotatable bonds is 1. The lowest BCUT2D eigenvalue weighted by molar-refractivity contribution is -0.122. The molecule has 0 radical (unpaired) electrons. The van der Waals surface area contributed by atoms with Gasteiger partial charge in [0.25, 0.3) is 0 Å². The first-order valence-corrected chi connectivity index (χ1v) is 7.30. The molecule has 3 nitrogen and oxygen atoms in total. The molecule has 1 aliphatic rings. The smallest absolute Gasteiger partial charge is 0.578 e. The van der Waals surface area contributed by atoms with E-state index < -0.39 is 29.1 Å². The summed E-state index contributed by atoms with van der Waals surface area (Å²) >= 11 is -0.783. The normalized spacial score (nSPS) is 27.3. The van der Waals surface area contributed by atoms with E-state index in [-0.39, 0.29) is 0 Å². The largest absolute Gasteiger partial charge is 0.656 e. The number of carbonyl (C=O) groups is 1. The summed E-state index contributed by atoms with van der Waals surface area (Å²) in [5.41, 5.74) is -1.48. The van der Waals surface area contributed by atoms with Crippen LogP contribution in [0.4, 0.5) is 4.32 Å². The van der Waals surface area contributed by atoms with Gasteiger partial charge >= 0.3 is 6.83 Å². The minimum atomic E-state index is -3.42. The van der Waals surface area contributed by atoms with E-state index in [4.69, 9.17) is 8.75 Å². The molecular weight excluding hydrogens is 254 g/mol. The van der Waals surface area contributed by atoms with Crippen molar-refractivity contribution >= 4 is 23.7 Å². The van der Waals surface area contributed by atoms with Crippen LogP contribution in [0, 0.1) is 5.41 Å². The van der Waals surface area contributed by atoms with E-state index in [1.165, 1.54) is 0 Å². The summed E-state index contributed by atoms with van der Waals surface area (Å²) in [5, 5.41) is 0. The van der Waals surface area contributed by atoms with Crippen molar-refractivity contribution in [2.24, 2.45) is 5.41 Å². The van der Waals surface area contributed by atoms with Crippen LogP contribution >= 0.6 is 0 Å². The SMILES string of the molecule is C[S+]1O[B-](F)(C(=O)C(C)(C)C)Oc2ccccc21. The Morgan fingerprint density at radius 1 is 1.33 bits per heavy atom. The summed E-state index contributed by atoms with van der Waals surface area (Å²) in [7, 11) is 0. The van der Waals surface area contributed by atoms with Crippen LogP contribution in [0.1, 0.15) is 20.8 Å². The molecule has 2 atom stereocenters. The minimum absolute atomic E-state index is 0.398. The van der Waals surface area contributed by atoms with Gasteiger partial charge in [-0.2, -0.15) is 0 Å². The lowest BCUT2D eigenvalue weighted by Crippen LogP contribution is -2.57. The van der Waals surface area contributed by atoms with Gasteiger partial charge in [-0.05, 0) is 11.5 Å². The highest BCUT2D eigenvalue weighted by Gasteiger charge is 2.53. The van der Waals surface area contributed by atoms with Crippen molar-refractivity contribution in [2.45, 2.75) is 25.7 Å². The van der Waals surface area contributed by atoms with Gasteiger partial charge < -0.3 is 13.8 Å². The molecule has 0 spiro atoms. The van der Waals surface area contributed by atoms with Crippen LogP contribution in [0.2, 0.25) is 0 Å². The zero-order valence-corrected chi connectivity index (χ0v) is 11.7. The third-order valence-electron chi connectivity index (χ3n) is 2.76. The first kappa shape index (κ1) is 13.4. The topological polar surface area (TPSA) is 35.5 Å². The summed E-state index contributed by atoms with van der Waals surface area (Å²) in [5.74, 6) is 0.398. The third kappa shape index (κ3) is 2.27. The Labute approximate surface area is 109 Å². The first-order chi connectivity index (χ1) is 8.24. The van der Waals surface area contributed by atoms with Crippen LogP contribution in [-0.2, 0) is 20.1 Å². The second-order valence-electron chi connectivity index (χ2n) is 5.35. The molecule has 6 heteroatoms. The number of fused-ring (bicyclic) bond motifs is 1. The molecule has 0 aromatic heterocycles. The Morgan fingerprint density at radius 2 is 1.94 bits per heavy atom. The summed E-state index contributed by atoms with van der Waals surface area (Å²) in [4.78, 5) is 12.9. The van der Waals surface area contributed by atoms with Crippen LogP contribution < -0.4 is 4.65 Å². The van der Waals surface area contributed by atoms with E-state index in [2.05, 4.69) is 0 Å². The Morgan fingerprint density at radius 3 is 2.56 bits per heavy atom. The lowest BCUT2D eigenvalue weighted by atomic mass is 9.65. The Kier molecular flexibility index (Phi) is 3.19. The van der Waals surface area contributed by atoms with Crippen LogP contribution in [0.15, 0.2) is 29.2 Å². The maximum atomic E-state index is 14.7. The maximum Gasteiger partial charge on any atom is 0.578 e. The van der Waals surface area contributed by atoms with Gasteiger partial charge in [-0.1, -0.05) is 32.9 Å². The maximum absolute atomic E-state index is 14.7. The van der Waals surface area contributed by atoms with Crippen LogP contribution in [-0.4, -0.2) is 18.8 Å². The monoisotopic (exact) mass is 270 g/mol. The van der Waals surface area contributed by atoms with Crippen molar-refractivity contribution in [2.75, 3.05) is 6.26 Å². The summed E-state index contributed by atoms with van der Waals surface area (Å²) in [6.45, 7) is 1.53.